The fourth-order valence-electron chi connectivity index (χ4n) is 1.70. The largest absolute Gasteiger partial charge is 0.469 e. The van der Waals surface area contributed by atoms with Gasteiger partial charge in [0.05, 0.1) is 13.0 Å². The van der Waals surface area contributed by atoms with E-state index in [-0.39, 0.29) is 17.7 Å². The summed E-state index contributed by atoms with van der Waals surface area (Å²) in [7, 11) is 1.41. The van der Waals surface area contributed by atoms with Crippen molar-refractivity contribution < 1.29 is 14.3 Å². The summed E-state index contributed by atoms with van der Waals surface area (Å²) in [6.45, 7) is 3.99. The van der Waals surface area contributed by atoms with Crippen LogP contribution in [0.5, 0.6) is 0 Å². The van der Waals surface area contributed by atoms with Gasteiger partial charge in [-0.15, -0.1) is 0 Å². The van der Waals surface area contributed by atoms with Gasteiger partial charge >= 0.3 is 5.97 Å². The molecule has 94 valence electrons. The second-order valence-electron chi connectivity index (χ2n) is 4.15. The van der Waals surface area contributed by atoms with E-state index >= 15 is 0 Å². The van der Waals surface area contributed by atoms with E-state index in [4.69, 9.17) is 4.74 Å². The highest BCUT2D eigenvalue weighted by Crippen LogP contribution is 2.17. The van der Waals surface area contributed by atoms with Crippen molar-refractivity contribution in [1.29, 1.82) is 0 Å². The van der Waals surface area contributed by atoms with Crippen LogP contribution in [0.1, 0.15) is 58.8 Å². The standard InChI is InChI=1S/C13H24O3/c1-4-6-7-8-11(13(15)16-3)9-10-12(14)5-2/h11H,4-10H2,1-3H3. The third kappa shape index (κ3) is 6.59. The van der Waals surface area contributed by atoms with Crippen molar-refractivity contribution in [3.8, 4) is 0 Å². The second kappa shape index (κ2) is 9.37. The molecule has 0 amide bonds. The Morgan fingerprint density at radius 1 is 1.12 bits per heavy atom. The molecule has 0 aromatic rings. The van der Waals surface area contributed by atoms with Crippen LogP contribution in [0.4, 0.5) is 0 Å². The molecule has 0 saturated carbocycles. The van der Waals surface area contributed by atoms with Gasteiger partial charge in [0.1, 0.15) is 5.78 Å². The van der Waals surface area contributed by atoms with Gasteiger partial charge in [-0.2, -0.15) is 0 Å². The highest BCUT2D eigenvalue weighted by Gasteiger charge is 2.19. The van der Waals surface area contributed by atoms with E-state index in [0.717, 1.165) is 25.7 Å². The van der Waals surface area contributed by atoms with Gasteiger partial charge in [-0.3, -0.25) is 9.59 Å². The summed E-state index contributed by atoms with van der Waals surface area (Å²) in [4.78, 5) is 22.7. The number of esters is 1. The first-order chi connectivity index (χ1) is 7.65. The summed E-state index contributed by atoms with van der Waals surface area (Å²) in [6.07, 6.45) is 5.86. The summed E-state index contributed by atoms with van der Waals surface area (Å²) in [5.41, 5.74) is 0. The minimum Gasteiger partial charge on any atom is -0.469 e. The lowest BCUT2D eigenvalue weighted by Crippen LogP contribution is -2.17. The maximum absolute atomic E-state index is 11.5. The molecular formula is C13H24O3. The minimum atomic E-state index is -0.167. The molecule has 3 nitrogen and oxygen atoms in total. The lowest BCUT2D eigenvalue weighted by molar-refractivity contribution is -0.146. The topological polar surface area (TPSA) is 43.4 Å². The molecule has 0 N–H and O–H groups in total. The molecule has 0 heterocycles. The van der Waals surface area contributed by atoms with E-state index < -0.39 is 0 Å². The number of rotatable bonds is 9. The Balaban J connectivity index is 4.00. The molecule has 0 spiro atoms. The van der Waals surface area contributed by atoms with Crippen molar-refractivity contribution in [2.45, 2.75) is 58.8 Å². The van der Waals surface area contributed by atoms with Crippen molar-refractivity contribution >= 4 is 11.8 Å². The van der Waals surface area contributed by atoms with E-state index in [2.05, 4.69) is 6.92 Å². The second-order valence-corrected chi connectivity index (χ2v) is 4.15. The van der Waals surface area contributed by atoms with Crippen LogP contribution in [-0.4, -0.2) is 18.9 Å². The maximum Gasteiger partial charge on any atom is 0.308 e. The lowest BCUT2D eigenvalue weighted by Gasteiger charge is -2.13. The molecule has 0 aromatic heterocycles. The molecule has 0 saturated heterocycles. The number of carbonyl (C=O) groups is 2. The molecule has 1 atom stereocenters. The Hall–Kier alpha value is -0.860. The number of ketones is 1. The molecule has 1 unspecified atom stereocenters. The maximum atomic E-state index is 11.5. The molecule has 0 aliphatic carbocycles. The number of ether oxygens (including phenoxy) is 1. The van der Waals surface area contributed by atoms with Crippen molar-refractivity contribution in [2.75, 3.05) is 7.11 Å². The first-order valence-electron chi connectivity index (χ1n) is 6.25. The minimum absolute atomic E-state index is 0.0907. The highest BCUT2D eigenvalue weighted by molar-refractivity contribution is 5.79. The molecule has 0 bridgehead atoms. The zero-order valence-electron chi connectivity index (χ0n) is 10.8. The Kier molecular flexibility index (Phi) is 8.87. The Bertz CT molecular complexity index is 211. The Labute approximate surface area is 98.6 Å². The number of Topliss-reactive ketones (excluding diaryl/α,β-unsaturated/α-hetero) is 1. The van der Waals surface area contributed by atoms with Gasteiger partial charge in [-0.1, -0.05) is 33.1 Å². The molecule has 0 fully saturated rings. The van der Waals surface area contributed by atoms with Crippen LogP contribution in [0.15, 0.2) is 0 Å². The molecule has 0 rings (SSSR count). The first kappa shape index (κ1) is 15.1. The predicted molar refractivity (Wildman–Crippen MR) is 64.2 cm³/mol. The van der Waals surface area contributed by atoms with Crippen LogP contribution in [0.25, 0.3) is 0 Å². The van der Waals surface area contributed by atoms with Gasteiger partial charge < -0.3 is 4.74 Å². The molecule has 0 radical (unpaired) electrons. The van der Waals surface area contributed by atoms with Crippen LogP contribution in [0.2, 0.25) is 0 Å². The average Bonchev–Trinajstić information content (AvgIpc) is 2.32. The van der Waals surface area contributed by atoms with E-state index in [1.807, 2.05) is 6.92 Å². The molecule has 0 aliphatic rings. The van der Waals surface area contributed by atoms with E-state index in [1.54, 1.807) is 0 Å². The fourth-order valence-corrected chi connectivity index (χ4v) is 1.70. The van der Waals surface area contributed by atoms with Crippen LogP contribution >= 0.6 is 0 Å². The third-order valence-corrected chi connectivity index (χ3v) is 2.86. The number of methoxy groups -OCH3 is 1. The molecule has 0 aliphatic heterocycles. The number of unbranched alkanes of at least 4 members (excludes halogenated alkanes) is 2. The van der Waals surface area contributed by atoms with E-state index in [0.29, 0.717) is 19.3 Å². The Morgan fingerprint density at radius 3 is 2.31 bits per heavy atom. The summed E-state index contributed by atoms with van der Waals surface area (Å²) in [5.74, 6) is -0.0311. The third-order valence-electron chi connectivity index (χ3n) is 2.86. The quantitative estimate of drug-likeness (QED) is 0.450. The van der Waals surface area contributed by atoms with Gasteiger partial charge in [0.15, 0.2) is 0 Å². The first-order valence-corrected chi connectivity index (χ1v) is 6.25. The smallest absolute Gasteiger partial charge is 0.308 e. The summed E-state index contributed by atoms with van der Waals surface area (Å²) in [5, 5.41) is 0. The van der Waals surface area contributed by atoms with E-state index in [1.165, 1.54) is 7.11 Å². The summed E-state index contributed by atoms with van der Waals surface area (Å²) < 4.78 is 4.76. The summed E-state index contributed by atoms with van der Waals surface area (Å²) in [6, 6.07) is 0. The van der Waals surface area contributed by atoms with Crippen molar-refractivity contribution in [2.24, 2.45) is 5.92 Å². The lowest BCUT2D eigenvalue weighted by atomic mass is 9.95. The van der Waals surface area contributed by atoms with Crippen LogP contribution < -0.4 is 0 Å². The van der Waals surface area contributed by atoms with Crippen molar-refractivity contribution in [3.05, 3.63) is 0 Å². The van der Waals surface area contributed by atoms with Crippen LogP contribution in [0, 0.1) is 5.92 Å². The SMILES string of the molecule is CCCCCC(CCC(=O)CC)C(=O)OC. The van der Waals surface area contributed by atoms with Crippen LogP contribution in [-0.2, 0) is 14.3 Å². The molecule has 16 heavy (non-hydrogen) atoms. The van der Waals surface area contributed by atoms with E-state index in [9.17, 15) is 9.59 Å². The van der Waals surface area contributed by atoms with Gasteiger partial charge in [0, 0.05) is 12.8 Å². The van der Waals surface area contributed by atoms with Gasteiger partial charge in [0.25, 0.3) is 0 Å². The Morgan fingerprint density at radius 2 is 1.81 bits per heavy atom. The summed E-state index contributed by atoms with van der Waals surface area (Å²) >= 11 is 0. The zero-order chi connectivity index (χ0) is 12.4. The predicted octanol–water partition coefficient (Wildman–Crippen LogP) is 3.12. The highest BCUT2D eigenvalue weighted by atomic mass is 16.5. The number of carbonyl (C=O) groups excluding carboxylic acids is 2. The molecular weight excluding hydrogens is 204 g/mol. The molecule has 3 heteroatoms. The molecule has 0 aromatic carbocycles. The zero-order valence-corrected chi connectivity index (χ0v) is 10.8. The van der Waals surface area contributed by atoms with Gasteiger partial charge in [-0.25, -0.2) is 0 Å². The monoisotopic (exact) mass is 228 g/mol. The average molecular weight is 228 g/mol. The van der Waals surface area contributed by atoms with Crippen LogP contribution in [0.3, 0.4) is 0 Å². The van der Waals surface area contributed by atoms with Crippen molar-refractivity contribution in [3.63, 3.8) is 0 Å². The number of hydrogen-bond donors (Lipinski definition) is 0. The van der Waals surface area contributed by atoms with Crippen molar-refractivity contribution in [1.82, 2.24) is 0 Å². The van der Waals surface area contributed by atoms with Gasteiger partial charge in [0.2, 0.25) is 0 Å². The number of hydrogen-bond acceptors (Lipinski definition) is 3. The normalized spacial score (nSPS) is 12.2. The van der Waals surface area contributed by atoms with Gasteiger partial charge in [-0.05, 0) is 12.8 Å². The fraction of sp³-hybridized carbons (Fsp3) is 0.846.